The van der Waals surface area contributed by atoms with Crippen molar-refractivity contribution in [3.63, 3.8) is 0 Å². The lowest BCUT2D eigenvalue weighted by Crippen LogP contribution is -2.38. The van der Waals surface area contributed by atoms with Crippen LogP contribution in [0.5, 0.6) is 5.75 Å². The molecule has 1 amide bonds. The lowest BCUT2D eigenvalue weighted by atomic mass is 9.96. The average molecular weight is 428 g/mol. The van der Waals surface area contributed by atoms with E-state index in [4.69, 9.17) is 9.15 Å². The molecule has 1 aliphatic heterocycles. The number of fused-ring (bicyclic) bond motifs is 1. The monoisotopic (exact) mass is 428 g/mol. The minimum absolute atomic E-state index is 0.0356. The van der Waals surface area contributed by atoms with Gasteiger partial charge < -0.3 is 19.4 Å². The van der Waals surface area contributed by atoms with Gasteiger partial charge in [-0.1, -0.05) is 24.3 Å². The van der Waals surface area contributed by atoms with E-state index in [1.54, 1.807) is 25.4 Å². The molecule has 0 spiro atoms. The predicted molar refractivity (Wildman–Crippen MR) is 122 cm³/mol. The summed E-state index contributed by atoms with van der Waals surface area (Å²) < 4.78 is 11.4. The van der Waals surface area contributed by atoms with Crippen LogP contribution in [0.15, 0.2) is 71.3 Å². The molecule has 0 saturated carbocycles. The summed E-state index contributed by atoms with van der Waals surface area (Å²) in [5.74, 6) is 2.15. The van der Waals surface area contributed by atoms with Gasteiger partial charge in [-0.05, 0) is 49.2 Å². The van der Waals surface area contributed by atoms with Crippen molar-refractivity contribution in [1.82, 2.24) is 14.9 Å². The molecule has 1 fully saturated rings. The SMILES string of the molecule is COc1ccccc1Nc1ncccc1C(=O)N1CCC(c2nc3ccccc3o2)CC1. The van der Waals surface area contributed by atoms with Gasteiger partial charge in [-0.15, -0.1) is 0 Å². The number of ether oxygens (including phenoxy) is 1. The first kappa shape index (κ1) is 20.1. The maximum Gasteiger partial charge on any atom is 0.257 e. The summed E-state index contributed by atoms with van der Waals surface area (Å²) in [5.41, 5.74) is 2.99. The van der Waals surface area contributed by atoms with E-state index < -0.39 is 0 Å². The van der Waals surface area contributed by atoms with Crippen molar-refractivity contribution in [3.8, 4) is 5.75 Å². The van der Waals surface area contributed by atoms with Crippen LogP contribution in [0.4, 0.5) is 11.5 Å². The van der Waals surface area contributed by atoms with Crippen LogP contribution in [0.25, 0.3) is 11.1 Å². The molecule has 3 heterocycles. The number of likely N-dealkylation sites (tertiary alicyclic amines) is 1. The Labute approximate surface area is 186 Å². The molecule has 0 radical (unpaired) electrons. The summed E-state index contributed by atoms with van der Waals surface area (Å²) >= 11 is 0. The number of aromatic nitrogens is 2. The molecule has 1 saturated heterocycles. The fourth-order valence-electron chi connectivity index (χ4n) is 4.12. The minimum Gasteiger partial charge on any atom is -0.495 e. The quantitative estimate of drug-likeness (QED) is 0.482. The first-order chi connectivity index (χ1) is 15.7. The predicted octanol–water partition coefficient (Wildman–Crippen LogP) is 4.99. The third-order valence-corrected chi connectivity index (χ3v) is 5.84. The number of piperidine rings is 1. The van der Waals surface area contributed by atoms with Crippen molar-refractivity contribution in [2.75, 3.05) is 25.5 Å². The molecule has 0 unspecified atom stereocenters. The smallest absolute Gasteiger partial charge is 0.257 e. The highest BCUT2D eigenvalue weighted by molar-refractivity contribution is 5.99. The molecule has 2 aromatic carbocycles. The molecule has 32 heavy (non-hydrogen) atoms. The standard InChI is InChI=1S/C25H24N4O3/c1-31-21-10-4-2-8-19(21)27-23-18(7-6-14-26-23)25(30)29-15-12-17(13-16-29)24-28-20-9-3-5-11-22(20)32-24/h2-11,14,17H,12-13,15-16H2,1H3,(H,26,27). The Morgan fingerprint density at radius 2 is 1.84 bits per heavy atom. The van der Waals surface area contributed by atoms with Crippen molar-refractivity contribution >= 4 is 28.5 Å². The zero-order valence-corrected chi connectivity index (χ0v) is 17.8. The second kappa shape index (κ2) is 8.70. The second-order valence-corrected chi connectivity index (χ2v) is 7.81. The molecule has 0 atom stereocenters. The second-order valence-electron chi connectivity index (χ2n) is 7.81. The van der Waals surface area contributed by atoms with Crippen molar-refractivity contribution in [1.29, 1.82) is 0 Å². The molecule has 0 aliphatic carbocycles. The lowest BCUT2D eigenvalue weighted by Gasteiger charge is -2.31. The van der Waals surface area contributed by atoms with Gasteiger partial charge in [-0.25, -0.2) is 9.97 Å². The molecule has 5 rings (SSSR count). The van der Waals surface area contributed by atoms with Crippen LogP contribution in [0, 0.1) is 0 Å². The number of hydrogen-bond acceptors (Lipinski definition) is 6. The van der Waals surface area contributed by atoms with E-state index >= 15 is 0 Å². The van der Waals surface area contributed by atoms with E-state index in [1.807, 2.05) is 53.4 Å². The van der Waals surface area contributed by atoms with E-state index in [1.165, 1.54) is 0 Å². The number of rotatable bonds is 5. The Morgan fingerprint density at radius 3 is 2.66 bits per heavy atom. The Hall–Kier alpha value is -3.87. The van der Waals surface area contributed by atoms with Gasteiger partial charge in [-0.3, -0.25) is 4.79 Å². The van der Waals surface area contributed by atoms with Crippen molar-refractivity contribution in [2.45, 2.75) is 18.8 Å². The fraction of sp³-hybridized carbons (Fsp3) is 0.240. The van der Waals surface area contributed by atoms with Crippen LogP contribution in [0.2, 0.25) is 0 Å². The normalized spacial score (nSPS) is 14.5. The van der Waals surface area contributed by atoms with Crippen LogP contribution >= 0.6 is 0 Å². The maximum absolute atomic E-state index is 13.3. The number of methoxy groups -OCH3 is 1. The number of nitrogens with one attached hydrogen (secondary N) is 1. The number of amides is 1. The van der Waals surface area contributed by atoms with Crippen LogP contribution in [-0.4, -0.2) is 41.0 Å². The first-order valence-corrected chi connectivity index (χ1v) is 10.7. The van der Waals surface area contributed by atoms with Gasteiger partial charge in [0.05, 0.1) is 18.4 Å². The number of para-hydroxylation sites is 4. The highest BCUT2D eigenvalue weighted by Crippen LogP contribution is 2.32. The zero-order valence-electron chi connectivity index (χ0n) is 17.8. The number of oxazole rings is 1. The van der Waals surface area contributed by atoms with Gasteiger partial charge in [0.1, 0.15) is 17.1 Å². The van der Waals surface area contributed by atoms with E-state index in [0.717, 1.165) is 35.5 Å². The number of carbonyl (C=O) groups excluding carboxylic acids is 1. The Morgan fingerprint density at radius 1 is 1.06 bits per heavy atom. The Balaban J connectivity index is 1.30. The van der Waals surface area contributed by atoms with Gasteiger partial charge in [0, 0.05) is 25.2 Å². The zero-order chi connectivity index (χ0) is 21.9. The van der Waals surface area contributed by atoms with Crippen LogP contribution in [0.1, 0.15) is 35.0 Å². The molecule has 1 aliphatic rings. The summed E-state index contributed by atoms with van der Waals surface area (Å²) in [4.78, 5) is 24.3. The first-order valence-electron chi connectivity index (χ1n) is 10.7. The summed E-state index contributed by atoms with van der Waals surface area (Å²) in [6, 6.07) is 19.0. The average Bonchev–Trinajstić information content (AvgIpc) is 3.29. The molecule has 162 valence electrons. The molecule has 4 aromatic rings. The number of nitrogens with zero attached hydrogens (tertiary/aromatic N) is 3. The van der Waals surface area contributed by atoms with Crippen molar-refractivity contribution in [3.05, 3.63) is 78.3 Å². The summed E-state index contributed by atoms with van der Waals surface area (Å²) in [7, 11) is 1.62. The van der Waals surface area contributed by atoms with Gasteiger partial charge in [0.2, 0.25) is 0 Å². The topological polar surface area (TPSA) is 80.5 Å². The number of hydrogen-bond donors (Lipinski definition) is 1. The third-order valence-electron chi connectivity index (χ3n) is 5.84. The van der Waals surface area contributed by atoms with Gasteiger partial charge in [0.15, 0.2) is 11.5 Å². The maximum atomic E-state index is 13.3. The van der Waals surface area contributed by atoms with Crippen molar-refractivity contribution in [2.24, 2.45) is 0 Å². The summed E-state index contributed by atoms with van der Waals surface area (Å²) in [5, 5.41) is 3.25. The molecule has 7 heteroatoms. The number of benzene rings is 2. The summed E-state index contributed by atoms with van der Waals surface area (Å²) in [6.45, 7) is 1.29. The van der Waals surface area contributed by atoms with Crippen LogP contribution in [0.3, 0.4) is 0 Å². The lowest BCUT2D eigenvalue weighted by molar-refractivity contribution is 0.0707. The molecular weight excluding hydrogens is 404 g/mol. The molecule has 2 aromatic heterocycles. The molecule has 0 bridgehead atoms. The van der Waals surface area contributed by atoms with Gasteiger partial charge in [-0.2, -0.15) is 0 Å². The van der Waals surface area contributed by atoms with Crippen LogP contribution < -0.4 is 10.1 Å². The van der Waals surface area contributed by atoms with E-state index in [2.05, 4.69) is 15.3 Å². The highest BCUT2D eigenvalue weighted by Gasteiger charge is 2.28. The van der Waals surface area contributed by atoms with E-state index in [0.29, 0.717) is 30.2 Å². The largest absolute Gasteiger partial charge is 0.495 e. The molecule has 7 nitrogen and oxygen atoms in total. The number of anilines is 2. The summed E-state index contributed by atoms with van der Waals surface area (Å²) in [6.07, 6.45) is 3.30. The Kier molecular flexibility index (Phi) is 5.46. The number of carbonyl (C=O) groups is 1. The molecular formula is C25H24N4O3. The molecule has 1 N–H and O–H groups in total. The number of pyridine rings is 1. The highest BCUT2D eigenvalue weighted by atomic mass is 16.5. The van der Waals surface area contributed by atoms with E-state index in [-0.39, 0.29) is 11.8 Å². The minimum atomic E-state index is -0.0356. The van der Waals surface area contributed by atoms with E-state index in [9.17, 15) is 4.79 Å². The third kappa shape index (κ3) is 3.89. The Bertz CT molecular complexity index is 1210. The van der Waals surface area contributed by atoms with Crippen LogP contribution in [-0.2, 0) is 0 Å². The fourth-order valence-corrected chi connectivity index (χ4v) is 4.12. The van der Waals surface area contributed by atoms with Crippen molar-refractivity contribution < 1.29 is 13.9 Å². The van der Waals surface area contributed by atoms with Gasteiger partial charge in [0.25, 0.3) is 5.91 Å². The van der Waals surface area contributed by atoms with Gasteiger partial charge >= 0.3 is 0 Å².